The molecule has 4 fully saturated rings. The molecule has 1 amide bonds. The predicted octanol–water partition coefficient (Wildman–Crippen LogP) is 2.41. The molecule has 4 aliphatic rings. The molecule has 0 spiro atoms. The van der Waals surface area contributed by atoms with E-state index in [-0.39, 0.29) is 59.0 Å². The summed E-state index contributed by atoms with van der Waals surface area (Å²) in [5.41, 5.74) is 7.57. The molecule has 1 aliphatic carbocycles. The van der Waals surface area contributed by atoms with E-state index in [0.717, 1.165) is 44.1 Å². The number of fused-ring (bicyclic) bond motifs is 2. The van der Waals surface area contributed by atoms with Crippen molar-refractivity contribution in [2.24, 2.45) is 17.6 Å². The van der Waals surface area contributed by atoms with Crippen LogP contribution in [0, 0.1) is 11.8 Å². The van der Waals surface area contributed by atoms with Crippen LogP contribution in [0.5, 0.6) is 0 Å². The Hall–Kier alpha value is -1.24. The molecule has 2 bridgehead atoms. The fraction of sp³-hybridized carbons (Fsp3) is 0.750. The van der Waals surface area contributed by atoms with Crippen molar-refractivity contribution >= 4 is 37.4 Å². The summed E-state index contributed by atoms with van der Waals surface area (Å²) in [4.78, 5) is 13.6. The summed E-state index contributed by atoms with van der Waals surface area (Å²) in [7, 11) is -6.27. The van der Waals surface area contributed by atoms with Gasteiger partial charge in [-0.1, -0.05) is 30.2 Å². The highest BCUT2D eigenvalue weighted by Crippen LogP contribution is 2.37. The Balaban J connectivity index is 1.23. The molecule has 1 aromatic rings. The fourth-order valence-corrected chi connectivity index (χ4v) is 10.9. The summed E-state index contributed by atoms with van der Waals surface area (Å²) in [6.07, 6.45) is 7.08. The monoisotopic (exact) mass is 614 g/mol. The van der Waals surface area contributed by atoms with Gasteiger partial charge in [0, 0.05) is 42.2 Å². The number of sulfone groups is 1. The van der Waals surface area contributed by atoms with Gasteiger partial charge in [0.2, 0.25) is 15.9 Å². The number of nitrogens with two attached hydrogens (primary N) is 1. The lowest BCUT2D eigenvalue weighted by Gasteiger charge is -2.38. The van der Waals surface area contributed by atoms with Crippen LogP contribution in [0.3, 0.4) is 0 Å². The Kier molecular flexibility index (Phi) is 9.48. The maximum atomic E-state index is 13.6. The lowest BCUT2D eigenvalue weighted by molar-refractivity contribution is -0.124. The number of halogens is 1. The first-order chi connectivity index (χ1) is 19.0. The van der Waals surface area contributed by atoms with E-state index in [1.54, 1.807) is 16.4 Å². The number of amides is 1. The molecular weight excluding hydrogens is 572 g/mol. The number of piperazine rings is 1. The van der Waals surface area contributed by atoms with Crippen LogP contribution in [0.4, 0.5) is 0 Å². The average molecular weight is 615 g/mol. The molecule has 1 saturated carbocycles. The Morgan fingerprint density at radius 3 is 2.45 bits per heavy atom. The molecule has 3 heterocycles. The minimum absolute atomic E-state index is 0.00110. The van der Waals surface area contributed by atoms with Crippen molar-refractivity contribution in [3.63, 3.8) is 0 Å². The topological polar surface area (TPSA) is 139 Å². The first-order valence-corrected chi connectivity index (χ1v) is 18.6. The van der Waals surface area contributed by atoms with Gasteiger partial charge in [0.15, 0.2) is 0 Å². The molecule has 5 rings (SSSR count). The van der Waals surface area contributed by atoms with Crippen LogP contribution in [-0.2, 0) is 24.7 Å². The second kappa shape index (κ2) is 12.6. The molecule has 9 nitrogen and oxygen atoms in total. The first-order valence-electron chi connectivity index (χ1n) is 14.8. The van der Waals surface area contributed by atoms with Gasteiger partial charge in [0.25, 0.3) is 0 Å². The summed E-state index contributed by atoms with van der Waals surface area (Å²) in [5, 5.41) is 7.38. The zero-order chi connectivity index (χ0) is 28.5. The highest BCUT2D eigenvalue weighted by atomic mass is 35.5. The van der Waals surface area contributed by atoms with E-state index < -0.39 is 25.9 Å². The van der Waals surface area contributed by atoms with Gasteiger partial charge in [-0.3, -0.25) is 4.79 Å². The predicted molar refractivity (Wildman–Crippen MR) is 157 cm³/mol. The van der Waals surface area contributed by atoms with Crippen LogP contribution in [0.15, 0.2) is 24.3 Å². The fourth-order valence-electron chi connectivity index (χ4n) is 7.39. The SMILES string of the molecule is N[C@H](C(=O)N[C@H]1CCC[C@@H]1CC[C@H]1CN[C@@H]2CCCS(=O)(=O)N1C2)[C@@H](c1ccc(Cl)cc1)C1CCS(=O)(=O)CC1. The Morgan fingerprint density at radius 2 is 1.73 bits per heavy atom. The minimum Gasteiger partial charge on any atom is -0.352 e. The number of carbonyl (C=O) groups excluding carboxylic acids is 1. The maximum Gasteiger partial charge on any atom is 0.237 e. The maximum absolute atomic E-state index is 13.6. The van der Waals surface area contributed by atoms with Crippen molar-refractivity contribution < 1.29 is 21.6 Å². The molecule has 224 valence electrons. The van der Waals surface area contributed by atoms with Crippen molar-refractivity contribution in [2.45, 2.75) is 87.9 Å². The normalized spacial score (nSPS) is 33.5. The molecule has 0 radical (unpaired) electrons. The number of sulfonamides is 1. The lowest BCUT2D eigenvalue weighted by atomic mass is 9.77. The van der Waals surface area contributed by atoms with Crippen LogP contribution < -0.4 is 16.4 Å². The highest BCUT2D eigenvalue weighted by Gasteiger charge is 2.40. The quantitative estimate of drug-likeness (QED) is 0.409. The Bertz CT molecular complexity index is 1250. The van der Waals surface area contributed by atoms with E-state index >= 15 is 0 Å². The van der Waals surface area contributed by atoms with E-state index in [1.165, 1.54) is 0 Å². The molecule has 7 atom stereocenters. The van der Waals surface area contributed by atoms with Gasteiger partial charge >= 0.3 is 0 Å². The molecule has 40 heavy (non-hydrogen) atoms. The summed E-state index contributed by atoms with van der Waals surface area (Å²) in [6, 6.07) is 6.74. The first kappa shape index (κ1) is 30.2. The standard InChI is InChI=1S/C28H43ClN4O5S2/c29-22-9-6-20(7-10-22)26(21-12-15-39(35,36)16-13-21)27(30)28(34)32-25-5-1-3-19(25)8-11-24-17-31-23-4-2-14-40(37,38)33(24)18-23/h6-7,9-10,19,21,23-27,31H,1-5,8,11-18,30H2,(H,32,34)/t19-,23-,24+,25+,26+,27+/m1/s1. The molecular formula is C28H43ClN4O5S2. The average Bonchev–Trinajstić information content (AvgIpc) is 3.31. The van der Waals surface area contributed by atoms with Crippen LogP contribution in [-0.4, -0.2) is 81.6 Å². The zero-order valence-electron chi connectivity index (χ0n) is 23.0. The van der Waals surface area contributed by atoms with Gasteiger partial charge < -0.3 is 16.4 Å². The summed E-state index contributed by atoms with van der Waals surface area (Å²) >= 11 is 6.12. The Morgan fingerprint density at radius 1 is 1.00 bits per heavy atom. The number of nitrogens with zero attached hydrogens (tertiary/aromatic N) is 1. The Labute approximate surface area is 243 Å². The molecule has 12 heteroatoms. The van der Waals surface area contributed by atoms with Gasteiger partial charge in [-0.15, -0.1) is 0 Å². The smallest absolute Gasteiger partial charge is 0.237 e. The van der Waals surface area contributed by atoms with Crippen LogP contribution in [0.2, 0.25) is 5.02 Å². The van der Waals surface area contributed by atoms with Crippen molar-refractivity contribution in [2.75, 3.05) is 30.3 Å². The number of carbonyl (C=O) groups is 1. The third kappa shape index (κ3) is 7.03. The largest absolute Gasteiger partial charge is 0.352 e. The van der Waals surface area contributed by atoms with E-state index in [4.69, 9.17) is 17.3 Å². The number of rotatable bonds is 8. The lowest BCUT2D eigenvalue weighted by Crippen LogP contribution is -2.57. The van der Waals surface area contributed by atoms with Crippen molar-refractivity contribution in [1.82, 2.24) is 14.9 Å². The third-order valence-corrected chi connectivity index (χ3v) is 13.6. The van der Waals surface area contributed by atoms with Crippen molar-refractivity contribution in [3.05, 3.63) is 34.9 Å². The number of hydrogen-bond acceptors (Lipinski definition) is 7. The van der Waals surface area contributed by atoms with E-state index in [1.807, 2.05) is 12.1 Å². The van der Waals surface area contributed by atoms with Crippen molar-refractivity contribution in [1.29, 1.82) is 0 Å². The summed E-state index contributed by atoms with van der Waals surface area (Å²) in [6.45, 7) is 1.24. The highest BCUT2D eigenvalue weighted by molar-refractivity contribution is 7.91. The van der Waals surface area contributed by atoms with Crippen LogP contribution >= 0.6 is 11.6 Å². The van der Waals surface area contributed by atoms with Crippen molar-refractivity contribution in [3.8, 4) is 0 Å². The van der Waals surface area contributed by atoms with Gasteiger partial charge in [-0.2, -0.15) is 4.31 Å². The second-order valence-electron chi connectivity index (χ2n) is 12.3. The summed E-state index contributed by atoms with van der Waals surface area (Å²) < 4.78 is 51.6. The van der Waals surface area contributed by atoms with Crippen LogP contribution in [0.1, 0.15) is 69.3 Å². The number of nitrogens with one attached hydrogen (secondary N) is 2. The molecule has 0 aromatic heterocycles. The van der Waals surface area contributed by atoms with Crippen LogP contribution in [0.25, 0.3) is 0 Å². The van der Waals surface area contributed by atoms with E-state index in [0.29, 0.717) is 37.4 Å². The van der Waals surface area contributed by atoms with Gasteiger partial charge in [-0.25, -0.2) is 16.8 Å². The molecule has 1 unspecified atom stereocenters. The van der Waals surface area contributed by atoms with Gasteiger partial charge in [-0.05, 0) is 80.9 Å². The number of hydrogen-bond donors (Lipinski definition) is 3. The van der Waals surface area contributed by atoms with Gasteiger partial charge in [0.1, 0.15) is 9.84 Å². The van der Waals surface area contributed by atoms with E-state index in [2.05, 4.69) is 10.6 Å². The minimum atomic E-state index is -3.23. The molecule has 3 aliphatic heterocycles. The molecule has 4 N–H and O–H groups in total. The molecule has 3 saturated heterocycles. The second-order valence-corrected chi connectivity index (χ2v) is 17.0. The molecule has 1 aromatic carbocycles. The zero-order valence-corrected chi connectivity index (χ0v) is 25.4. The number of benzene rings is 1. The summed E-state index contributed by atoms with van der Waals surface area (Å²) in [5.74, 6) is 0.211. The third-order valence-electron chi connectivity index (χ3n) is 9.67. The van der Waals surface area contributed by atoms with E-state index in [9.17, 15) is 21.6 Å². The van der Waals surface area contributed by atoms with Gasteiger partial charge in [0.05, 0.1) is 23.3 Å².